The molecule has 0 aliphatic heterocycles. The second kappa shape index (κ2) is 12.0. The van der Waals surface area contributed by atoms with Crippen LogP contribution in [0, 0.1) is 0 Å². The van der Waals surface area contributed by atoms with E-state index in [1.54, 1.807) is 0 Å². The van der Waals surface area contributed by atoms with E-state index >= 15 is 0 Å². The summed E-state index contributed by atoms with van der Waals surface area (Å²) in [5.74, 6) is 0. The first kappa shape index (κ1) is 32.2. The first-order chi connectivity index (χ1) is 26.4. The number of para-hydroxylation sites is 1. The fourth-order valence-corrected chi connectivity index (χ4v) is 9.92. The summed E-state index contributed by atoms with van der Waals surface area (Å²) in [7, 11) is 0. The van der Waals surface area contributed by atoms with Crippen LogP contribution < -0.4 is 4.90 Å². The summed E-state index contributed by atoms with van der Waals surface area (Å²) in [5.41, 5.74) is 21.1. The van der Waals surface area contributed by atoms with Crippen LogP contribution in [0.15, 0.2) is 194 Å². The van der Waals surface area contributed by atoms with Crippen LogP contribution in [0.4, 0.5) is 17.1 Å². The maximum Gasteiger partial charge on any atom is 0.0686 e. The van der Waals surface area contributed by atoms with Crippen molar-refractivity contribution in [1.29, 1.82) is 0 Å². The van der Waals surface area contributed by atoms with Gasteiger partial charge in [0.25, 0.3) is 0 Å². The van der Waals surface area contributed by atoms with E-state index in [9.17, 15) is 0 Å². The summed E-state index contributed by atoms with van der Waals surface area (Å²) < 4.78 is 0. The van der Waals surface area contributed by atoms with Gasteiger partial charge in [0.1, 0.15) is 0 Å². The van der Waals surface area contributed by atoms with Crippen molar-refractivity contribution in [2.75, 3.05) is 4.90 Å². The Bertz CT molecular complexity index is 2680. The molecule has 3 aliphatic rings. The average molecular weight is 692 g/mol. The maximum atomic E-state index is 4.03. The normalized spacial score (nSPS) is 15.2. The topological polar surface area (TPSA) is 3.24 Å². The first-order valence-corrected chi connectivity index (χ1v) is 19.0. The number of benzene rings is 7. The van der Waals surface area contributed by atoms with Gasteiger partial charge in [0.2, 0.25) is 0 Å². The third-order valence-electron chi connectivity index (χ3n) is 12.3. The smallest absolute Gasteiger partial charge is 0.0686 e. The quantitative estimate of drug-likeness (QED) is 0.157. The molecule has 0 unspecified atom stereocenters. The van der Waals surface area contributed by atoms with Crippen molar-refractivity contribution in [2.24, 2.45) is 0 Å². The Morgan fingerprint density at radius 2 is 0.981 bits per heavy atom. The molecule has 1 spiro atoms. The molecule has 0 amide bonds. The average Bonchev–Trinajstić information content (AvgIpc) is 3.75. The van der Waals surface area contributed by atoms with E-state index in [1.165, 1.54) is 77.9 Å². The second-order valence-electron chi connectivity index (χ2n) is 15.3. The highest BCUT2D eigenvalue weighted by atomic mass is 15.1. The monoisotopic (exact) mass is 691 g/mol. The Morgan fingerprint density at radius 1 is 0.481 bits per heavy atom. The van der Waals surface area contributed by atoms with Gasteiger partial charge in [0, 0.05) is 22.4 Å². The Labute approximate surface area is 318 Å². The highest BCUT2D eigenvalue weighted by Crippen LogP contribution is 2.62. The molecule has 7 aromatic rings. The van der Waals surface area contributed by atoms with Gasteiger partial charge in [-0.1, -0.05) is 172 Å². The van der Waals surface area contributed by atoms with E-state index in [2.05, 4.69) is 208 Å². The van der Waals surface area contributed by atoms with Crippen molar-refractivity contribution in [3.63, 3.8) is 0 Å². The summed E-state index contributed by atoms with van der Waals surface area (Å²) in [6, 6.07) is 60.9. The Hall–Kier alpha value is -6.44. The Morgan fingerprint density at radius 3 is 1.63 bits per heavy atom. The molecule has 7 aromatic carbocycles. The van der Waals surface area contributed by atoms with E-state index in [4.69, 9.17) is 0 Å². The standard InChI is InChI=1S/C53H41N/c1-5-6-20-39-35(2)53(47-26-15-11-23-42(47)43-24-12-16-27-48(43)53)50-34-38(29-31-44(39)50)54(51-28-17-13-21-40(51)36-18-8-7-9-19-36)37-30-32-45-41-22-10-14-25-46(41)52(3,4)49(45)33-37/h5-34H,1H2,2-4H3/b20-6-. The van der Waals surface area contributed by atoms with E-state index in [0.717, 1.165) is 17.1 Å². The van der Waals surface area contributed by atoms with Crippen molar-refractivity contribution in [1.82, 2.24) is 0 Å². The molecule has 0 atom stereocenters. The zero-order valence-electron chi connectivity index (χ0n) is 31.0. The minimum absolute atomic E-state index is 0.126. The molecular weight excluding hydrogens is 651 g/mol. The van der Waals surface area contributed by atoms with Crippen molar-refractivity contribution in [3.05, 3.63) is 228 Å². The fourth-order valence-electron chi connectivity index (χ4n) is 9.92. The zero-order valence-corrected chi connectivity index (χ0v) is 31.0. The zero-order chi connectivity index (χ0) is 36.6. The van der Waals surface area contributed by atoms with Crippen LogP contribution in [0.2, 0.25) is 0 Å². The van der Waals surface area contributed by atoms with Crippen molar-refractivity contribution in [2.45, 2.75) is 31.6 Å². The predicted molar refractivity (Wildman–Crippen MR) is 228 cm³/mol. The Balaban J connectivity index is 1.26. The number of allylic oxidation sites excluding steroid dienone is 5. The molecule has 10 rings (SSSR count). The van der Waals surface area contributed by atoms with E-state index < -0.39 is 5.41 Å². The number of nitrogens with zero attached hydrogens (tertiary/aromatic N) is 1. The van der Waals surface area contributed by atoms with Crippen LogP contribution >= 0.6 is 0 Å². The van der Waals surface area contributed by atoms with Crippen LogP contribution in [-0.2, 0) is 10.8 Å². The molecule has 1 heteroatoms. The van der Waals surface area contributed by atoms with Crippen molar-refractivity contribution < 1.29 is 0 Å². The predicted octanol–water partition coefficient (Wildman–Crippen LogP) is 14.0. The highest BCUT2D eigenvalue weighted by molar-refractivity contribution is 5.98. The lowest BCUT2D eigenvalue weighted by atomic mass is 9.70. The Kier molecular flexibility index (Phi) is 7.19. The van der Waals surface area contributed by atoms with Gasteiger partial charge >= 0.3 is 0 Å². The lowest BCUT2D eigenvalue weighted by Gasteiger charge is -2.33. The van der Waals surface area contributed by atoms with Crippen LogP contribution in [0.5, 0.6) is 0 Å². The van der Waals surface area contributed by atoms with E-state index in [-0.39, 0.29) is 5.41 Å². The third-order valence-corrected chi connectivity index (χ3v) is 12.3. The molecule has 258 valence electrons. The number of rotatable bonds is 6. The summed E-state index contributed by atoms with van der Waals surface area (Å²) in [4.78, 5) is 2.50. The minimum atomic E-state index is -0.425. The van der Waals surface area contributed by atoms with Gasteiger partial charge in [0.15, 0.2) is 0 Å². The number of anilines is 3. The van der Waals surface area contributed by atoms with E-state index in [0.29, 0.717) is 0 Å². The lowest BCUT2D eigenvalue weighted by Crippen LogP contribution is -2.26. The van der Waals surface area contributed by atoms with Crippen molar-refractivity contribution in [3.8, 4) is 33.4 Å². The largest absolute Gasteiger partial charge is 0.310 e. The van der Waals surface area contributed by atoms with Gasteiger partial charge in [-0.25, -0.2) is 0 Å². The summed E-state index contributed by atoms with van der Waals surface area (Å²) in [5, 5.41) is 0. The molecule has 0 saturated heterocycles. The lowest BCUT2D eigenvalue weighted by molar-refractivity contribution is 0.660. The van der Waals surface area contributed by atoms with Crippen molar-refractivity contribution >= 4 is 22.6 Å². The molecule has 0 N–H and O–H groups in total. The minimum Gasteiger partial charge on any atom is -0.310 e. The second-order valence-corrected chi connectivity index (χ2v) is 15.3. The third kappa shape index (κ3) is 4.39. The molecule has 0 aromatic heterocycles. The molecular formula is C53H41N. The van der Waals surface area contributed by atoms with Gasteiger partial charge < -0.3 is 4.90 Å². The fraction of sp³-hybridized carbons (Fsp3) is 0.0943. The van der Waals surface area contributed by atoms with Gasteiger partial charge in [0.05, 0.1) is 11.1 Å². The molecule has 3 aliphatic carbocycles. The maximum absolute atomic E-state index is 4.03. The van der Waals surface area contributed by atoms with Crippen LogP contribution in [0.25, 0.3) is 39.0 Å². The van der Waals surface area contributed by atoms with Crippen LogP contribution in [-0.4, -0.2) is 0 Å². The summed E-state index contributed by atoms with van der Waals surface area (Å²) in [6.07, 6.45) is 6.21. The van der Waals surface area contributed by atoms with Gasteiger partial charge in [-0.3, -0.25) is 0 Å². The number of hydrogen-bond acceptors (Lipinski definition) is 1. The first-order valence-electron chi connectivity index (χ1n) is 19.0. The highest BCUT2D eigenvalue weighted by Gasteiger charge is 2.51. The molecule has 0 heterocycles. The van der Waals surface area contributed by atoms with Gasteiger partial charge in [-0.05, 0) is 110 Å². The summed E-state index contributed by atoms with van der Waals surface area (Å²) in [6.45, 7) is 11.1. The van der Waals surface area contributed by atoms with Gasteiger partial charge in [-0.2, -0.15) is 0 Å². The van der Waals surface area contributed by atoms with E-state index in [1.807, 2.05) is 6.08 Å². The number of fused-ring (bicyclic) bond motifs is 10. The molecule has 1 nitrogen and oxygen atoms in total. The number of hydrogen-bond donors (Lipinski definition) is 0. The molecule has 0 radical (unpaired) electrons. The summed E-state index contributed by atoms with van der Waals surface area (Å²) >= 11 is 0. The molecule has 0 fully saturated rings. The van der Waals surface area contributed by atoms with Crippen LogP contribution in [0.3, 0.4) is 0 Å². The molecule has 54 heavy (non-hydrogen) atoms. The van der Waals surface area contributed by atoms with Gasteiger partial charge in [-0.15, -0.1) is 0 Å². The molecule has 0 saturated carbocycles. The van der Waals surface area contributed by atoms with Crippen LogP contribution in [0.1, 0.15) is 54.2 Å². The SMILES string of the molecule is C=C/C=C\C1=C(C)C2(c3cc(N(c4ccc5c(c4)C(C)(C)c4ccccc4-5)c4ccccc4-c4ccccc4)ccc31)c1ccccc1-c1ccccc12. The molecule has 0 bridgehead atoms.